The maximum absolute atomic E-state index is 4.76. The molecule has 0 amide bonds. The monoisotopic (exact) mass is 262 g/mol. The van der Waals surface area contributed by atoms with Gasteiger partial charge in [-0.25, -0.2) is 4.98 Å². The van der Waals surface area contributed by atoms with Crippen molar-refractivity contribution >= 4 is 11.3 Å². The van der Waals surface area contributed by atoms with E-state index in [4.69, 9.17) is 4.98 Å². The van der Waals surface area contributed by atoms with Crippen molar-refractivity contribution < 1.29 is 0 Å². The third-order valence-corrected chi connectivity index (χ3v) is 4.40. The van der Waals surface area contributed by atoms with Crippen molar-refractivity contribution in [3.8, 4) is 10.6 Å². The van der Waals surface area contributed by atoms with Crippen molar-refractivity contribution in [2.24, 2.45) is 0 Å². The number of aromatic amines is 1. The Bertz CT molecular complexity index is 485. The molecule has 1 atom stereocenters. The Kier molecular flexibility index (Phi) is 3.45. The molecule has 0 radical (unpaired) electrons. The van der Waals surface area contributed by atoms with Gasteiger partial charge in [0.25, 0.3) is 0 Å². The SMILES string of the molecule is CC(c1csc(-c2cc[nH]c2)n1)N1CCNCC1. The molecule has 0 spiro atoms. The van der Waals surface area contributed by atoms with Crippen molar-refractivity contribution in [3.63, 3.8) is 0 Å². The van der Waals surface area contributed by atoms with Gasteiger partial charge in [-0.3, -0.25) is 4.90 Å². The van der Waals surface area contributed by atoms with Crippen LogP contribution in [0.5, 0.6) is 0 Å². The molecule has 1 unspecified atom stereocenters. The summed E-state index contributed by atoms with van der Waals surface area (Å²) in [6.45, 7) is 6.63. The molecule has 4 nitrogen and oxygen atoms in total. The lowest BCUT2D eigenvalue weighted by Crippen LogP contribution is -2.44. The average molecular weight is 262 g/mol. The van der Waals surface area contributed by atoms with Gasteiger partial charge in [0, 0.05) is 49.5 Å². The van der Waals surface area contributed by atoms with Gasteiger partial charge in [-0.05, 0) is 13.0 Å². The minimum Gasteiger partial charge on any atom is -0.367 e. The third-order valence-electron chi connectivity index (χ3n) is 3.49. The molecular formula is C13H18N4S. The zero-order chi connectivity index (χ0) is 12.4. The van der Waals surface area contributed by atoms with Gasteiger partial charge in [-0.2, -0.15) is 0 Å². The van der Waals surface area contributed by atoms with E-state index in [1.807, 2.05) is 12.4 Å². The van der Waals surface area contributed by atoms with Crippen LogP contribution in [0, 0.1) is 0 Å². The number of nitrogens with one attached hydrogen (secondary N) is 2. The van der Waals surface area contributed by atoms with Crippen LogP contribution in [0.1, 0.15) is 18.7 Å². The van der Waals surface area contributed by atoms with E-state index in [0.717, 1.165) is 31.2 Å². The molecule has 3 rings (SSSR count). The summed E-state index contributed by atoms with van der Waals surface area (Å²) in [5.41, 5.74) is 2.37. The standard InChI is InChI=1S/C13H18N4S/c1-10(17-6-4-14-5-7-17)12-9-18-13(16-12)11-2-3-15-8-11/h2-3,8-10,14-15H,4-7H2,1H3. The number of aromatic nitrogens is 2. The van der Waals surface area contributed by atoms with Gasteiger partial charge in [0.1, 0.15) is 5.01 Å². The minimum atomic E-state index is 0.413. The fourth-order valence-electron chi connectivity index (χ4n) is 2.32. The van der Waals surface area contributed by atoms with Crippen LogP contribution >= 0.6 is 11.3 Å². The van der Waals surface area contributed by atoms with Crippen molar-refractivity contribution in [3.05, 3.63) is 29.5 Å². The summed E-state index contributed by atoms with van der Waals surface area (Å²) in [6.07, 6.45) is 3.94. The van der Waals surface area contributed by atoms with Crippen LogP contribution in [0.2, 0.25) is 0 Å². The Hall–Kier alpha value is -1.17. The highest BCUT2D eigenvalue weighted by atomic mass is 32.1. The molecule has 18 heavy (non-hydrogen) atoms. The zero-order valence-electron chi connectivity index (χ0n) is 10.5. The van der Waals surface area contributed by atoms with Crippen molar-refractivity contribution in [2.75, 3.05) is 26.2 Å². The van der Waals surface area contributed by atoms with Crippen molar-refractivity contribution in [1.29, 1.82) is 0 Å². The Morgan fingerprint density at radius 1 is 1.39 bits per heavy atom. The van der Waals surface area contributed by atoms with E-state index in [0.29, 0.717) is 6.04 Å². The van der Waals surface area contributed by atoms with E-state index >= 15 is 0 Å². The Morgan fingerprint density at radius 2 is 2.22 bits per heavy atom. The predicted octanol–water partition coefficient (Wildman–Crippen LogP) is 2.10. The second kappa shape index (κ2) is 5.22. The topological polar surface area (TPSA) is 44.0 Å². The number of thiazole rings is 1. The highest BCUT2D eigenvalue weighted by molar-refractivity contribution is 7.13. The smallest absolute Gasteiger partial charge is 0.125 e. The normalized spacial score (nSPS) is 18.9. The summed E-state index contributed by atoms with van der Waals surface area (Å²) in [5, 5.41) is 6.68. The number of rotatable bonds is 3. The molecule has 96 valence electrons. The highest BCUT2D eigenvalue weighted by Gasteiger charge is 2.20. The van der Waals surface area contributed by atoms with Crippen LogP contribution in [0.25, 0.3) is 10.6 Å². The molecule has 1 saturated heterocycles. The van der Waals surface area contributed by atoms with E-state index in [2.05, 4.69) is 33.6 Å². The summed E-state index contributed by atoms with van der Waals surface area (Å²) in [7, 11) is 0. The molecule has 2 N–H and O–H groups in total. The first-order chi connectivity index (χ1) is 8.84. The van der Waals surface area contributed by atoms with Crippen molar-refractivity contribution in [1.82, 2.24) is 20.2 Å². The van der Waals surface area contributed by atoms with Crippen LogP contribution in [-0.4, -0.2) is 41.0 Å². The zero-order valence-corrected chi connectivity index (χ0v) is 11.3. The first-order valence-electron chi connectivity index (χ1n) is 6.38. The predicted molar refractivity (Wildman–Crippen MR) is 74.8 cm³/mol. The van der Waals surface area contributed by atoms with Crippen LogP contribution in [0.3, 0.4) is 0 Å². The maximum atomic E-state index is 4.76. The molecule has 2 aromatic heterocycles. The molecule has 0 bridgehead atoms. The Morgan fingerprint density at radius 3 is 2.94 bits per heavy atom. The molecule has 0 aromatic carbocycles. The van der Waals surface area contributed by atoms with Crippen LogP contribution in [0.4, 0.5) is 0 Å². The summed E-state index contributed by atoms with van der Waals surface area (Å²) in [5.74, 6) is 0. The van der Waals surface area contributed by atoms with E-state index in [9.17, 15) is 0 Å². The minimum absolute atomic E-state index is 0.413. The van der Waals surface area contributed by atoms with E-state index in [-0.39, 0.29) is 0 Å². The second-order valence-electron chi connectivity index (χ2n) is 4.64. The fourth-order valence-corrected chi connectivity index (χ4v) is 3.23. The molecule has 0 aliphatic carbocycles. The number of H-pyrrole nitrogens is 1. The van der Waals surface area contributed by atoms with Gasteiger partial charge in [-0.1, -0.05) is 0 Å². The first kappa shape index (κ1) is 11.9. The molecule has 5 heteroatoms. The van der Waals surface area contributed by atoms with Gasteiger partial charge < -0.3 is 10.3 Å². The third kappa shape index (κ3) is 2.34. The molecule has 2 aromatic rings. The van der Waals surface area contributed by atoms with Gasteiger partial charge in [0.15, 0.2) is 0 Å². The van der Waals surface area contributed by atoms with Crippen LogP contribution < -0.4 is 5.32 Å². The number of hydrogen-bond acceptors (Lipinski definition) is 4. The lowest BCUT2D eigenvalue weighted by molar-refractivity contribution is 0.183. The highest BCUT2D eigenvalue weighted by Crippen LogP contribution is 2.28. The number of piperazine rings is 1. The lowest BCUT2D eigenvalue weighted by Gasteiger charge is -2.31. The first-order valence-corrected chi connectivity index (χ1v) is 7.26. The molecule has 1 aliphatic rings. The van der Waals surface area contributed by atoms with E-state index in [1.165, 1.54) is 11.3 Å². The summed E-state index contributed by atoms with van der Waals surface area (Å²) in [4.78, 5) is 10.3. The number of hydrogen-bond donors (Lipinski definition) is 2. The van der Waals surface area contributed by atoms with Crippen molar-refractivity contribution in [2.45, 2.75) is 13.0 Å². The van der Waals surface area contributed by atoms with Crippen LogP contribution in [0.15, 0.2) is 23.8 Å². The molecule has 0 saturated carbocycles. The Balaban J connectivity index is 1.76. The summed E-state index contributed by atoms with van der Waals surface area (Å²) < 4.78 is 0. The maximum Gasteiger partial charge on any atom is 0.125 e. The molecular weight excluding hydrogens is 244 g/mol. The molecule has 1 aliphatic heterocycles. The van der Waals surface area contributed by atoms with Crippen LogP contribution in [-0.2, 0) is 0 Å². The van der Waals surface area contributed by atoms with Gasteiger partial charge in [0.05, 0.1) is 11.7 Å². The number of nitrogens with zero attached hydrogens (tertiary/aromatic N) is 2. The molecule has 3 heterocycles. The van der Waals surface area contributed by atoms with Gasteiger partial charge in [0.2, 0.25) is 0 Å². The molecule has 1 fully saturated rings. The Labute approximate surface area is 111 Å². The lowest BCUT2D eigenvalue weighted by atomic mass is 10.2. The quantitative estimate of drug-likeness (QED) is 0.890. The average Bonchev–Trinajstić information content (AvgIpc) is 3.09. The summed E-state index contributed by atoms with van der Waals surface area (Å²) >= 11 is 1.73. The van der Waals surface area contributed by atoms with Gasteiger partial charge >= 0.3 is 0 Å². The second-order valence-corrected chi connectivity index (χ2v) is 5.50. The fraction of sp³-hybridized carbons (Fsp3) is 0.462. The van der Waals surface area contributed by atoms with Gasteiger partial charge in [-0.15, -0.1) is 11.3 Å². The largest absolute Gasteiger partial charge is 0.367 e. The van der Waals surface area contributed by atoms with E-state index < -0.39 is 0 Å². The summed E-state index contributed by atoms with van der Waals surface area (Å²) in [6, 6.07) is 2.48. The van der Waals surface area contributed by atoms with E-state index in [1.54, 1.807) is 11.3 Å².